The van der Waals surface area contributed by atoms with E-state index in [0.717, 1.165) is 30.3 Å². The maximum absolute atomic E-state index is 13.9. The van der Waals surface area contributed by atoms with E-state index >= 15 is 0 Å². The highest BCUT2D eigenvalue weighted by atomic mass is 32.2. The van der Waals surface area contributed by atoms with Gasteiger partial charge in [-0.15, -0.1) is 0 Å². The van der Waals surface area contributed by atoms with Crippen molar-refractivity contribution in [2.45, 2.75) is 18.7 Å². The largest absolute Gasteiger partial charge is 0.460 e. The van der Waals surface area contributed by atoms with Gasteiger partial charge < -0.3 is 14.7 Å². The van der Waals surface area contributed by atoms with Crippen molar-refractivity contribution in [1.82, 2.24) is 0 Å². The lowest BCUT2D eigenvalue weighted by molar-refractivity contribution is -0.123. The number of hydrogen-bond donors (Lipinski definition) is 1. The molecule has 0 saturated carbocycles. The molecule has 6 nitrogen and oxygen atoms in total. The molecule has 0 fully saturated rings. The number of ether oxygens (including phenoxy) is 1. The van der Waals surface area contributed by atoms with Crippen LogP contribution in [0.25, 0.3) is 0 Å². The summed E-state index contributed by atoms with van der Waals surface area (Å²) in [5.41, 5.74) is 1.83. The predicted octanol–water partition coefficient (Wildman–Crippen LogP) is 2.59. The van der Waals surface area contributed by atoms with Crippen molar-refractivity contribution >= 4 is 15.9 Å². The van der Waals surface area contributed by atoms with Crippen LogP contribution in [0.3, 0.4) is 0 Å². The van der Waals surface area contributed by atoms with Crippen molar-refractivity contribution in [2.24, 2.45) is 5.73 Å². The molecule has 0 aliphatic carbocycles. The van der Waals surface area contributed by atoms with E-state index < -0.39 is 56.5 Å². The molecule has 0 unspecified atom stereocenters. The van der Waals surface area contributed by atoms with Gasteiger partial charge in [0.2, 0.25) is 17.4 Å². The van der Waals surface area contributed by atoms with Crippen molar-refractivity contribution < 1.29 is 35.0 Å². The van der Waals surface area contributed by atoms with E-state index in [2.05, 4.69) is 4.18 Å². The molecule has 1 heterocycles. The summed E-state index contributed by atoms with van der Waals surface area (Å²) < 4.78 is 85.5. The van der Waals surface area contributed by atoms with E-state index in [4.69, 9.17) is 14.6 Å². The number of rotatable bonds is 5. The molecule has 9 heteroatoms. The van der Waals surface area contributed by atoms with E-state index in [1.165, 1.54) is 19.1 Å². The van der Waals surface area contributed by atoms with Gasteiger partial charge >= 0.3 is 10.1 Å². The maximum Gasteiger partial charge on any atom is 0.313 e. The average Bonchev–Trinajstić information content (AvgIpc) is 2.88. The third kappa shape index (κ3) is 4.08. The molecule has 2 aromatic carbocycles. The number of carbonyl (C=O) groups is 1. The van der Waals surface area contributed by atoms with Crippen LogP contribution in [0.2, 0.25) is 0 Å². The highest BCUT2D eigenvalue weighted by Crippen LogP contribution is 2.33. The lowest BCUT2D eigenvalue weighted by atomic mass is 10.0. The van der Waals surface area contributed by atoms with Crippen LogP contribution in [-0.4, -0.2) is 14.2 Å². The lowest BCUT2D eigenvalue weighted by Gasteiger charge is -2.10. The molecule has 0 bridgehead atoms. The molecule has 0 spiro atoms. The number of carbonyl (C=O) groups excluding carboxylic acids is 1. The molecule has 2 N–H and O–H groups in total. The third-order valence-electron chi connectivity index (χ3n) is 3.56. The van der Waals surface area contributed by atoms with Crippen LogP contribution in [0.5, 0.6) is 0 Å². The molecule has 0 radical (unpaired) electrons. The smallest absolute Gasteiger partial charge is 0.313 e. The van der Waals surface area contributed by atoms with Gasteiger partial charge in [-0.25, -0.2) is 8.78 Å². The Labute approximate surface area is 158 Å². The van der Waals surface area contributed by atoms with Crippen molar-refractivity contribution in [3.05, 3.63) is 82.4 Å². The number of ketones is 1. The van der Waals surface area contributed by atoms with Crippen molar-refractivity contribution in [2.75, 3.05) is 0 Å². The first-order valence-corrected chi connectivity index (χ1v) is 8.90. The predicted molar refractivity (Wildman–Crippen MR) is 91.3 cm³/mol. The molecule has 1 aliphatic rings. The van der Waals surface area contributed by atoms with Crippen LogP contribution in [0.4, 0.5) is 8.78 Å². The van der Waals surface area contributed by atoms with E-state index in [0.29, 0.717) is 0 Å². The average molecular weight is 398 g/mol. The van der Waals surface area contributed by atoms with Gasteiger partial charge in [-0.1, -0.05) is 24.3 Å². The van der Waals surface area contributed by atoms with Crippen molar-refractivity contribution in [3.8, 4) is 0 Å². The first-order chi connectivity index (χ1) is 13.8. The zero-order valence-electron chi connectivity index (χ0n) is 16.8. The maximum atomic E-state index is 13.9. The Morgan fingerprint density at radius 1 is 1.26 bits per heavy atom. The highest BCUT2D eigenvalue weighted by Gasteiger charge is 2.39. The second-order valence-corrected chi connectivity index (χ2v) is 6.84. The Hall–Kier alpha value is -2.94. The molecule has 1 atom stereocenters. The first kappa shape index (κ1) is 15.2. The Morgan fingerprint density at radius 3 is 2.56 bits per heavy atom. The van der Waals surface area contributed by atoms with Gasteiger partial charge in [0.25, 0.3) is 0 Å². The van der Waals surface area contributed by atoms with Gasteiger partial charge in [0.05, 0.1) is 4.11 Å². The van der Waals surface area contributed by atoms with Crippen LogP contribution in [-0.2, 0) is 29.5 Å². The Morgan fingerprint density at radius 2 is 1.93 bits per heavy atom. The molecule has 0 amide bonds. The fourth-order valence-electron chi connectivity index (χ4n) is 2.21. The van der Waals surface area contributed by atoms with Gasteiger partial charge in [-0.3, -0.25) is 4.79 Å². The van der Waals surface area contributed by atoms with Gasteiger partial charge in [0, 0.05) is 5.56 Å². The van der Waals surface area contributed by atoms with E-state index in [1.54, 1.807) is 0 Å². The third-order valence-corrected chi connectivity index (χ3v) is 4.43. The zero-order valence-corrected chi connectivity index (χ0v) is 14.6. The fraction of sp³-hybridized carbons (Fsp3) is 0.167. The second kappa shape index (κ2) is 6.99. The van der Waals surface area contributed by atoms with Gasteiger partial charge in [-0.05, 0) is 36.2 Å². The minimum atomic E-state index is -5.21. The summed E-state index contributed by atoms with van der Waals surface area (Å²) in [5.74, 6) is -4.81. The molecular weight excluding hydrogens is 380 g/mol. The minimum absolute atomic E-state index is 0.236. The standard InChI is InChI=1S/C18H15F2NO5S/c1-10-2-5-12(8-14(10)20)16-15(22)17(18(21)25-16)26-27(23,24)9-11-3-6-13(19)7-4-11/h2-8,16H,9,21H2,1H3/t16-/m0/s1/i9D2,16D. The number of hydrogen-bond acceptors (Lipinski definition) is 6. The molecular formula is C18H15F2NO5S. The Bertz CT molecular complexity index is 1170. The Balaban J connectivity index is 1.94. The summed E-state index contributed by atoms with van der Waals surface area (Å²) in [6.45, 7) is 1.46. The van der Waals surface area contributed by atoms with Gasteiger partial charge in [-0.2, -0.15) is 8.42 Å². The zero-order chi connectivity index (χ0) is 22.5. The number of halogens is 2. The van der Waals surface area contributed by atoms with E-state index in [1.807, 2.05) is 0 Å². The van der Waals surface area contributed by atoms with Crippen LogP contribution < -0.4 is 5.73 Å². The lowest BCUT2D eigenvalue weighted by Crippen LogP contribution is -2.16. The summed E-state index contributed by atoms with van der Waals surface area (Å²) in [4.78, 5) is 12.7. The molecule has 142 valence electrons. The summed E-state index contributed by atoms with van der Waals surface area (Å²) in [6.07, 6.45) is -2.62. The highest BCUT2D eigenvalue weighted by molar-refractivity contribution is 7.86. The number of Topliss-reactive ketones (excluding diaryl/α,β-unsaturated/α-hetero) is 1. The molecule has 2 aromatic rings. The van der Waals surface area contributed by atoms with Crippen molar-refractivity contribution in [1.29, 1.82) is 0 Å². The molecule has 1 aliphatic heterocycles. The molecule has 27 heavy (non-hydrogen) atoms. The second-order valence-electron chi connectivity index (χ2n) is 5.56. The van der Waals surface area contributed by atoms with E-state index in [9.17, 15) is 22.0 Å². The van der Waals surface area contributed by atoms with Gasteiger partial charge in [0.1, 0.15) is 17.3 Å². The molecule has 3 rings (SSSR count). The van der Waals surface area contributed by atoms with Crippen LogP contribution in [0.15, 0.2) is 54.1 Å². The summed E-state index contributed by atoms with van der Waals surface area (Å²) in [5, 5.41) is 0. The number of aryl methyl sites for hydroxylation is 1. The fourth-order valence-corrected chi connectivity index (χ4v) is 3.06. The quantitative estimate of drug-likeness (QED) is 0.778. The van der Waals surface area contributed by atoms with Crippen molar-refractivity contribution in [3.63, 3.8) is 0 Å². The number of benzene rings is 2. The van der Waals surface area contributed by atoms with Crippen LogP contribution in [0, 0.1) is 18.6 Å². The Kier molecular flexibility index (Phi) is 3.92. The molecule has 0 aromatic heterocycles. The monoisotopic (exact) mass is 398 g/mol. The van der Waals surface area contributed by atoms with Crippen LogP contribution in [0.1, 0.15) is 26.9 Å². The van der Waals surface area contributed by atoms with Crippen LogP contribution >= 0.6 is 0 Å². The minimum Gasteiger partial charge on any atom is -0.460 e. The summed E-state index contributed by atoms with van der Waals surface area (Å²) in [7, 11) is -5.21. The normalized spacial score (nSPS) is 22.0. The van der Waals surface area contributed by atoms with E-state index in [-0.39, 0.29) is 11.1 Å². The summed E-state index contributed by atoms with van der Waals surface area (Å²) >= 11 is 0. The first-order valence-electron chi connectivity index (χ1n) is 9.00. The SMILES string of the molecule is [2H]C([2H])(c1ccc(F)cc1)S(=O)(=O)OC1=C(N)O[C@@]([2H])(c2ccc(C)c(F)c2)C1=O. The topological polar surface area (TPSA) is 95.7 Å². The molecule has 0 saturated heterocycles. The van der Waals surface area contributed by atoms with Gasteiger partial charge in [0.15, 0.2) is 6.08 Å². The number of nitrogens with two attached hydrogens (primary N) is 1. The summed E-state index contributed by atoms with van der Waals surface area (Å²) in [6, 6.07) is 6.86.